The molecule has 0 spiro atoms. The zero-order chi connectivity index (χ0) is 45.5. The molecule has 4 unspecified atom stereocenters. The number of nitrogens with zero attached hydrogens (tertiary/aromatic N) is 5. The second-order valence-electron chi connectivity index (χ2n) is 20.6. The van der Waals surface area contributed by atoms with Gasteiger partial charge in [0.1, 0.15) is 23.7 Å². The van der Waals surface area contributed by atoms with Crippen molar-refractivity contribution in [2.75, 3.05) is 18.0 Å². The molecule has 5 fully saturated rings. The Morgan fingerprint density at radius 1 is 0.708 bits per heavy atom. The van der Waals surface area contributed by atoms with Crippen LogP contribution in [0, 0.1) is 17.8 Å². The van der Waals surface area contributed by atoms with Crippen LogP contribution in [0.1, 0.15) is 139 Å². The van der Waals surface area contributed by atoms with E-state index < -0.39 is 29.8 Å². The van der Waals surface area contributed by atoms with Crippen molar-refractivity contribution in [1.82, 2.24) is 40.4 Å². The smallest absolute Gasteiger partial charge is 0.405 e. The van der Waals surface area contributed by atoms with Gasteiger partial charge in [-0.1, -0.05) is 52.0 Å². The standard InChI is InChI=1S/C50H61N9O6/c1-27-24-40(30-14-20-34-36(25-30)53-43(51-34)38-8-6-22-57(38)45(60)41(28-10-11-28)55-47(62)63)59(33-18-15-31(16-19-33)49(2,3)4)50(27,5)32-17-21-35-37(26-32)54-44(52-35)39-9-7-23-58(39)46(61)42(29-12-13-29)56-48(64)65/h14-21,25-29,38-42,55-56H,6-13,22-24H2,1-5H3,(H,51,53)(H,52,54)(H,62,63)(H,64,65)/t27?,38?,39?,40-,41?,42+,50+/m1/s1. The van der Waals surface area contributed by atoms with Crippen LogP contribution in [0.3, 0.4) is 0 Å². The van der Waals surface area contributed by atoms with E-state index in [9.17, 15) is 29.4 Å². The van der Waals surface area contributed by atoms with Gasteiger partial charge in [-0.25, -0.2) is 19.6 Å². The van der Waals surface area contributed by atoms with Crippen LogP contribution in [0.15, 0.2) is 60.7 Å². The Morgan fingerprint density at radius 3 is 1.71 bits per heavy atom. The molecular weight excluding hydrogens is 823 g/mol. The van der Waals surface area contributed by atoms with Gasteiger partial charge in [-0.05, 0) is 141 Å². The maximum absolute atomic E-state index is 13.8. The highest BCUT2D eigenvalue weighted by Crippen LogP contribution is 2.55. The number of hydrogen-bond donors (Lipinski definition) is 6. The van der Waals surface area contributed by atoms with E-state index in [-0.39, 0.29) is 53.1 Å². The molecule has 2 aromatic heterocycles. The molecule has 3 aromatic carbocycles. The molecule has 2 saturated carbocycles. The third-order valence-corrected chi connectivity index (χ3v) is 15.3. The summed E-state index contributed by atoms with van der Waals surface area (Å²) in [7, 11) is 0. The molecular formula is C50H61N9O6. The monoisotopic (exact) mass is 883 g/mol. The Morgan fingerprint density at radius 2 is 1.22 bits per heavy atom. The summed E-state index contributed by atoms with van der Waals surface area (Å²) in [6.07, 6.45) is 5.06. The summed E-state index contributed by atoms with van der Waals surface area (Å²) < 4.78 is 0. The summed E-state index contributed by atoms with van der Waals surface area (Å²) in [4.78, 5) is 74.4. The van der Waals surface area contributed by atoms with E-state index in [2.05, 4.69) is 121 Å². The number of H-pyrrole nitrogens is 2. The van der Waals surface area contributed by atoms with E-state index in [4.69, 9.17) is 9.97 Å². The predicted octanol–water partition coefficient (Wildman–Crippen LogP) is 8.66. The average molecular weight is 884 g/mol. The summed E-state index contributed by atoms with van der Waals surface area (Å²) >= 11 is 0. The van der Waals surface area contributed by atoms with Gasteiger partial charge in [0.2, 0.25) is 11.8 Å². The molecule has 5 aromatic rings. The molecule has 65 heavy (non-hydrogen) atoms. The Bertz CT molecular complexity index is 2660. The number of fused-ring (bicyclic) bond motifs is 2. The van der Waals surface area contributed by atoms with Gasteiger partial charge in [-0.15, -0.1) is 0 Å². The zero-order valence-corrected chi connectivity index (χ0v) is 37.9. The molecule has 10 rings (SSSR count). The Kier molecular flexibility index (Phi) is 10.6. The lowest BCUT2D eigenvalue weighted by Crippen LogP contribution is -2.49. The van der Waals surface area contributed by atoms with Crippen molar-refractivity contribution in [1.29, 1.82) is 0 Å². The van der Waals surface area contributed by atoms with Crippen LogP contribution in [0.2, 0.25) is 0 Å². The predicted molar refractivity (Wildman–Crippen MR) is 246 cm³/mol. The molecule has 5 heterocycles. The van der Waals surface area contributed by atoms with Crippen molar-refractivity contribution in [3.05, 3.63) is 89.0 Å². The fraction of sp³-hybridized carbons (Fsp3) is 0.520. The topological polar surface area (TPSA) is 200 Å². The number of aromatic nitrogens is 4. The van der Waals surface area contributed by atoms with E-state index in [0.717, 1.165) is 108 Å². The number of carboxylic acid groups (broad SMARTS) is 2. The number of carbonyl (C=O) groups excluding carboxylic acids is 2. The van der Waals surface area contributed by atoms with Crippen LogP contribution < -0.4 is 15.5 Å². The molecule has 6 N–H and O–H groups in total. The largest absolute Gasteiger partial charge is 0.465 e. The lowest BCUT2D eigenvalue weighted by molar-refractivity contribution is -0.135. The van der Waals surface area contributed by atoms with Gasteiger partial charge in [0.15, 0.2) is 0 Å². The molecule has 2 aliphatic carbocycles. The second kappa shape index (κ2) is 16.1. The molecule has 0 bridgehead atoms. The number of nitrogens with one attached hydrogen (secondary N) is 4. The maximum atomic E-state index is 13.8. The minimum Gasteiger partial charge on any atom is -0.465 e. The third-order valence-electron chi connectivity index (χ3n) is 15.3. The number of anilines is 1. The molecule has 342 valence electrons. The van der Waals surface area contributed by atoms with Gasteiger partial charge in [-0.2, -0.15) is 0 Å². The van der Waals surface area contributed by atoms with Crippen LogP contribution >= 0.6 is 0 Å². The maximum Gasteiger partial charge on any atom is 0.405 e. The first-order chi connectivity index (χ1) is 31.1. The van der Waals surface area contributed by atoms with Crippen molar-refractivity contribution in [3.63, 3.8) is 0 Å². The van der Waals surface area contributed by atoms with Gasteiger partial charge in [0, 0.05) is 18.8 Å². The molecule has 3 aliphatic heterocycles. The number of amides is 4. The van der Waals surface area contributed by atoms with E-state index >= 15 is 0 Å². The molecule has 15 heteroatoms. The number of carbonyl (C=O) groups is 4. The lowest BCUT2D eigenvalue weighted by atomic mass is 9.80. The summed E-state index contributed by atoms with van der Waals surface area (Å²) in [5, 5.41) is 24.0. The van der Waals surface area contributed by atoms with Gasteiger partial charge in [-0.3, -0.25) is 9.59 Å². The number of hydrogen-bond acceptors (Lipinski definition) is 7. The van der Waals surface area contributed by atoms with Crippen molar-refractivity contribution >= 4 is 51.8 Å². The van der Waals surface area contributed by atoms with E-state index in [1.807, 2.05) is 9.80 Å². The normalized spacial score (nSPS) is 25.6. The molecule has 7 atom stereocenters. The third kappa shape index (κ3) is 7.84. The number of likely N-dealkylation sites (tertiary alicyclic amines) is 2. The van der Waals surface area contributed by atoms with Crippen LogP contribution in [-0.2, 0) is 20.5 Å². The second-order valence-corrected chi connectivity index (χ2v) is 20.6. The lowest BCUT2D eigenvalue weighted by Gasteiger charge is -2.43. The molecule has 15 nitrogen and oxygen atoms in total. The van der Waals surface area contributed by atoms with Crippen LogP contribution in [0.25, 0.3) is 22.1 Å². The van der Waals surface area contributed by atoms with E-state index in [1.54, 1.807) is 0 Å². The highest BCUT2D eigenvalue weighted by atomic mass is 16.4. The fourth-order valence-corrected chi connectivity index (χ4v) is 11.3. The first-order valence-electron chi connectivity index (χ1n) is 23.6. The molecule has 3 saturated heterocycles. The first kappa shape index (κ1) is 42.8. The summed E-state index contributed by atoms with van der Waals surface area (Å²) in [5.41, 5.74) is 7.65. The average Bonchev–Trinajstić information content (AvgIpc) is 3.99. The molecule has 5 aliphatic rings. The van der Waals surface area contributed by atoms with Crippen molar-refractivity contribution in [2.45, 2.75) is 134 Å². The Balaban J connectivity index is 0.974. The molecule has 4 amide bonds. The van der Waals surface area contributed by atoms with Gasteiger partial charge >= 0.3 is 12.2 Å². The van der Waals surface area contributed by atoms with Crippen molar-refractivity contribution < 1.29 is 29.4 Å². The summed E-state index contributed by atoms with van der Waals surface area (Å²) in [6, 6.07) is 20.0. The minimum absolute atomic E-state index is 0.00231. The SMILES string of the molecule is CC1C[C@H](c2ccc3nc(C4CCCN4C(=O)C(NC(=O)O)C4CC4)[nH]c3c2)N(c2ccc(C(C)(C)C)cc2)[C@]1(C)c1ccc2nc(C3CCCN3C(=O)[C@@H](NC(=O)O)C3CC3)[nH]c2c1. The van der Waals surface area contributed by atoms with E-state index in [0.29, 0.717) is 13.1 Å². The highest BCUT2D eigenvalue weighted by Gasteiger charge is 2.51. The number of benzene rings is 3. The van der Waals surface area contributed by atoms with Crippen LogP contribution in [0.5, 0.6) is 0 Å². The first-order valence-corrected chi connectivity index (χ1v) is 23.6. The summed E-state index contributed by atoms with van der Waals surface area (Å²) in [6.45, 7) is 12.5. The number of aromatic amines is 2. The number of rotatable bonds is 11. The van der Waals surface area contributed by atoms with Gasteiger partial charge in [0.25, 0.3) is 0 Å². The summed E-state index contributed by atoms with van der Waals surface area (Å²) in [5.74, 6) is 1.41. The van der Waals surface area contributed by atoms with Gasteiger partial charge < -0.3 is 45.5 Å². The fourth-order valence-electron chi connectivity index (χ4n) is 11.3. The van der Waals surface area contributed by atoms with Crippen molar-refractivity contribution in [3.8, 4) is 0 Å². The highest BCUT2D eigenvalue weighted by molar-refractivity contribution is 5.88. The van der Waals surface area contributed by atoms with Crippen LogP contribution in [0.4, 0.5) is 15.3 Å². The Hall–Kier alpha value is -6.12. The zero-order valence-electron chi connectivity index (χ0n) is 37.9. The Labute approximate surface area is 378 Å². The number of imidazole rings is 2. The quantitative estimate of drug-likeness (QED) is 0.0751. The van der Waals surface area contributed by atoms with E-state index in [1.165, 1.54) is 5.56 Å². The molecule has 0 radical (unpaired) electrons. The minimum atomic E-state index is -1.17. The van der Waals surface area contributed by atoms with Gasteiger partial charge in [0.05, 0.1) is 45.7 Å². The van der Waals surface area contributed by atoms with Crippen molar-refractivity contribution in [2.24, 2.45) is 17.8 Å². The van der Waals surface area contributed by atoms with Crippen LogP contribution in [-0.4, -0.2) is 89.1 Å².